The zero-order valence-corrected chi connectivity index (χ0v) is 44.6. The zero-order valence-electron chi connectivity index (χ0n) is 43.7. The summed E-state index contributed by atoms with van der Waals surface area (Å²) in [5.74, 6) is -0.151. The highest BCUT2D eigenvalue weighted by Gasteiger charge is 2.28. The molecule has 0 fully saturated rings. The summed E-state index contributed by atoms with van der Waals surface area (Å²) in [6, 6.07) is -0.766. The Labute approximate surface area is 408 Å². The Bertz CT molecular complexity index is 1300. The summed E-state index contributed by atoms with van der Waals surface area (Å²) in [6.45, 7) is 4.77. The van der Waals surface area contributed by atoms with E-state index in [4.69, 9.17) is 9.05 Å². The Balaban J connectivity index is 4.18. The van der Waals surface area contributed by atoms with Gasteiger partial charge in [0, 0.05) is 6.42 Å². The summed E-state index contributed by atoms with van der Waals surface area (Å²) >= 11 is 0. The highest BCUT2D eigenvalue weighted by atomic mass is 31.2. The predicted molar refractivity (Wildman–Crippen MR) is 286 cm³/mol. The van der Waals surface area contributed by atoms with Crippen LogP contribution in [-0.2, 0) is 18.4 Å². The third kappa shape index (κ3) is 49.8. The predicted octanol–water partition coefficient (Wildman–Crippen LogP) is 16.3. The van der Waals surface area contributed by atoms with Crippen molar-refractivity contribution in [3.63, 3.8) is 0 Å². The Kier molecular flexibility index (Phi) is 46.5. The quantitative estimate of drug-likeness (QED) is 0.0243. The minimum absolute atomic E-state index is 0.0711. The molecule has 0 saturated carbocycles. The molecule has 0 rings (SSSR count). The monoisotopic (exact) mass is 946 g/mol. The molecule has 66 heavy (non-hydrogen) atoms. The van der Waals surface area contributed by atoms with Crippen molar-refractivity contribution < 1.29 is 32.9 Å². The van der Waals surface area contributed by atoms with Gasteiger partial charge in [0.2, 0.25) is 5.91 Å². The Morgan fingerprint density at radius 2 is 0.909 bits per heavy atom. The summed E-state index contributed by atoms with van der Waals surface area (Å²) in [6.07, 6.45) is 65.1. The maximum atomic E-state index is 13.0. The molecule has 0 saturated heterocycles. The molecule has 0 aliphatic rings. The summed E-state index contributed by atoms with van der Waals surface area (Å²) < 4.78 is 23.7. The van der Waals surface area contributed by atoms with Gasteiger partial charge in [-0.2, -0.15) is 0 Å². The number of aliphatic hydroxyl groups is 1. The second-order valence-electron chi connectivity index (χ2n) is 19.6. The van der Waals surface area contributed by atoms with Crippen LogP contribution in [-0.4, -0.2) is 73.4 Å². The second kappa shape index (κ2) is 48.0. The van der Waals surface area contributed by atoms with Crippen LogP contribution in [0.25, 0.3) is 0 Å². The van der Waals surface area contributed by atoms with Gasteiger partial charge >= 0.3 is 7.82 Å². The number of carbonyl (C=O) groups is 1. The van der Waals surface area contributed by atoms with Gasteiger partial charge in [-0.05, 0) is 64.2 Å². The van der Waals surface area contributed by atoms with E-state index in [0.717, 1.165) is 77.0 Å². The average Bonchev–Trinajstić information content (AvgIpc) is 3.28. The van der Waals surface area contributed by atoms with Gasteiger partial charge < -0.3 is 19.8 Å². The first-order valence-electron chi connectivity index (χ1n) is 27.3. The third-order valence-electron chi connectivity index (χ3n) is 12.0. The number of rotatable bonds is 49. The highest BCUT2D eigenvalue weighted by Crippen LogP contribution is 2.43. The van der Waals surface area contributed by atoms with E-state index < -0.39 is 20.0 Å². The zero-order chi connectivity index (χ0) is 48.5. The number of unbranched alkanes of at least 4 members (excludes halogenated alkanes) is 24. The number of carbonyl (C=O) groups excluding carboxylic acids is 1. The van der Waals surface area contributed by atoms with Crippen molar-refractivity contribution >= 4 is 13.7 Å². The van der Waals surface area contributed by atoms with Gasteiger partial charge in [0.05, 0.1) is 39.9 Å². The molecule has 3 N–H and O–H groups in total. The van der Waals surface area contributed by atoms with Crippen LogP contribution in [0, 0.1) is 0 Å². The van der Waals surface area contributed by atoms with Gasteiger partial charge in [0.25, 0.3) is 0 Å². The van der Waals surface area contributed by atoms with Crippen molar-refractivity contribution in [3.05, 3.63) is 72.9 Å². The summed E-state index contributed by atoms with van der Waals surface area (Å²) in [4.78, 5) is 23.3. The molecule has 384 valence electrons. The van der Waals surface area contributed by atoms with Crippen LogP contribution in [0.5, 0.6) is 0 Å². The first-order chi connectivity index (χ1) is 32.0. The van der Waals surface area contributed by atoms with Crippen LogP contribution in [0.2, 0.25) is 0 Å². The molecule has 9 heteroatoms. The van der Waals surface area contributed by atoms with E-state index in [2.05, 4.69) is 92.1 Å². The van der Waals surface area contributed by atoms with Gasteiger partial charge in [0.1, 0.15) is 13.2 Å². The molecule has 0 heterocycles. The summed E-state index contributed by atoms with van der Waals surface area (Å²) in [7, 11) is 1.61. The van der Waals surface area contributed by atoms with Crippen molar-refractivity contribution in [1.29, 1.82) is 0 Å². The average molecular weight is 946 g/mol. The van der Waals surface area contributed by atoms with Crippen LogP contribution in [0.15, 0.2) is 72.9 Å². The standard InChI is InChI=1S/C57H105N2O6P/c1-6-8-10-12-14-16-18-20-22-23-24-25-26-27-28-29-30-31-32-33-34-35-37-39-41-43-45-47-49-51-57(61)58-55(54-65-66(62,63)64-53-52-59(3,4)5)56(60)50-48-46-44-42-40-38-36-21-19-17-15-13-11-9-7-2/h8,10,14,16,20,22,24-25,27-28,30-31,55-56,60H,6-7,9,11-13,15,17-19,21,23,26,29,32-54H2,1-5H3,(H-,58,61,62,63)/p+1/b10-8-,16-14-,22-20-,25-24-,28-27-,31-30-. The number of quaternary nitrogens is 1. The number of phosphoric acid groups is 1. The lowest BCUT2D eigenvalue weighted by molar-refractivity contribution is -0.870. The van der Waals surface area contributed by atoms with Crippen LogP contribution in [0.4, 0.5) is 0 Å². The van der Waals surface area contributed by atoms with Gasteiger partial charge in [-0.1, -0.05) is 234 Å². The highest BCUT2D eigenvalue weighted by molar-refractivity contribution is 7.47. The first-order valence-corrected chi connectivity index (χ1v) is 28.8. The molecular formula is C57H106N2O6P+. The van der Waals surface area contributed by atoms with Gasteiger partial charge in [-0.25, -0.2) is 4.57 Å². The number of nitrogens with zero attached hydrogens (tertiary/aromatic N) is 1. The number of allylic oxidation sites excluding steroid dienone is 12. The lowest BCUT2D eigenvalue weighted by Gasteiger charge is -2.26. The van der Waals surface area contributed by atoms with Gasteiger partial charge in [-0.3, -0.25) is 13.8 Å². The number of likely N-dealkylation sites (N-methyl/N-ethyl adjacent to an activating group) is 1. The van der Waals surface area contributed by atoms with Gasteiger partial charge in [-0.15, -0.1) is 0 Å². The number of nitrogens with one attached hydrogen (secondary N) is 1. The van der Waals surface area contributed by atoms with Crippen LogP contribution < -0.4 is 5.32 Å². The van der Waals surface area contributed by atoms with E-state index in [0.29, 0.717) is 23.9 Å². The molecule has 0 radical (unpaired) electrons. The molecule has 0 aliphatic heterocycles. The first kappa shape index (κ1) is 63.9. The van der Waals surface area contributed by atoms with Crippen molar-refractivity contribution in [1.82, 2.24) is 5.32 Å². The van der Waals surface area contributed by atoms with E-state index in [1.165, 1.54) is 128 Å². The minimum atomic E-state index is -4.32. The minimum Gasteiger partial charge on any atom is -0.391 e. The van der Waals surface area contributed by atoms with Crippen LogP contribution >= 0.6 is 7.82 Å². The van der Waals surface area contributed by atoms with E-state index in [9.17, 15) is 19.4 Å². The fraction of sp³-hybridized carbons (Fsp3) is 0.772. The number of phosphoric ester groups is 1. The molecule has 1 amide bonds. The van der Waals surface area contributed by atoms with Crippen LogP contribution in [0.3, 0.4) is 0 Å². The van der Waals surface area contributed by atoms with Crippen molar-refractivity contribution in [3.8, 4) is 0 Å². The SMILES string of the molecule is CC/C=C\C/C=C\C/C=C\C/C=C\C/C=C\C/C=C\CCCCCCCCCCCCC(=O)NC(COP(=O)(O)OCC[N+](C)(C)C)C(O)CCCCCCCCCCCCCCCCC. The number of amides is 1. The van der Waals surface area contributed by atoms with Crippen molar-refractivity contribution in [2.75, 3.05) is 40.9 Å². The Morgan fingerprint density at radius 1 is 0.530 bits per heavy atom. The smallest absolute Gasteiger partial charge is 0.391 e. The molecule has 0 spiro atoms. The number of aliphatic hydroxyl groups excluding tert-OH is 1. The maximum absolute atomic E-state index is 13.0. The van der Waals surface area contributed by atoms with Crippen molar-refractivity contribution in [2.24, 2.45) is 0 Å². The molecular weight excluding hydrogens is 840 g/mol. The van der Waals surface area contributed by atoms with Crippen molar-refractivity contribution in [2.45, 2.75) is 244 Å². The lowest BCUT2D eigenvalue weighted by Crippen LogP contribution is -2.46. The molecule has 0 aromatic heterocycles. The van der Waals surface area contributed by atoms with E-state index >= 15 is 0 Å². The van der Waals surface area contributed by atoms with Gasteiger partial charge in [0.15, 0.2) is 0 Å². The summed E-state index contributed by atoms with van der Waals surface area (Å²) in [5.41, 5.74) is 0. The molecule has 8 nitrogen and oxygen atoms in total. The molecule has 3 atom stereocenters. The Hall–Kier alpha value is -2.06. The normalized spacial score (nSPS) is 14.6. The molecule has 0 aromatic carbocycles. The number of hydrogen-bond acceptors (Lipinski definition) is 5. The second-order valence-corrected chi connectivity index (χ2v) is 21.0. The largest absolute Gasteiger partial charge is 0.472 e. The fourth-order valence-electron chi connectivity index (χ4n) is 7.70. The molecule has 0 aliphatic carbocycles. The van der Waals surface area contributed by atoms with E-state index in [1.807, 2.05) is 21.1 Å². The maximum Gasteiger partial charge on any atom is 0.472 e. The third-order valence-corrected chi connectivity index (χ3v) is 13.0. The summed E-state index contributed by atoms with van der Waals surface area (Å²) in [5, 5.41) is 14.0. The Morgan fingerprint density at radius 3 is 1.33 bits per heavy atom. The van der Waals surface area contributed by atoms with Crippen LogP contribution in [0.1, 0.15) is 232 Å². The fourth-order valence-corrected chi connectivity index (χ4v) is 8.43. The number of hydrogen-bond donors (Lipinski definition) is 3. The lowest BCUT2D eigenvalue weighted by atomic mass is 10.0. The molecule has 0 bridgehead atoms. The molecule has 3 unspecified atom stereocenters. The van der Waals surface area contributed by atoms with E-state index in [1.54, 1.807) is 0 Å². The van der Waals surface area contributed by atoms with E-state index in [-0.39, 0.29) is 19.1 Å². The topological polar surface area (TPSA) is 105 Å². The molecule has 0 aromatic rings.